The van der Waals surface area contributed by atoms with E-state index < -0.39 is 0 Å². The van der Waals surface area contributed by atoms with Crippen molar-refractivity contribution in [1.29, 1.82) is 0 Å². The molecule has 4 heteroatoms. The minimum Gasteiger partial charge on any atom is -0.308 e. The average Bonchev–Trinajstić information content (AvgIpc) is 3.75. The van der Waals surface area contributed by atoms with E-state index in [9.17, 15) is 0 Å². The minimum atomic E-state index is 0.714. The standard InChI is InChI=1S/C46H29N3S/c1-4-15-30(16-5-1)33-22-12-23-34-35-24-13-28-42(45(35)50-44(33)34)49-40-26-11-10-21-36(40)43-37(25-14-27-41(43)49)46-47-38(31-17-6-2-7-18-31)29-39(48-46)32-19-8-3-9-20-32/h1-29H. The summed E-state index contributed by atoms with van der Waals surface area (Å²) in [5, 5.41) is 4.88. The van der Waals surface area contributed by atoms with Gasteiger partial charge in [0.15, 0.2) is 5.82 Å². The lowest BCUT2D eigenvalue weighted by molar-refractivity contribution is 1.18. The van der Waals surface area contributed by atoms with Crippen LogP contribution in [0.5, 0.6) is 0 Å². The monoisotopic (exact) mass is 655 g/mol. The predicted molar refractivity (Wildman–Crippen MR) is 211 cm³/mol. The summed E-state index contributed by atoms with van der Waals surface area (Å²) in [5.41, 5.74) is 10.9. The van der Waals surface area contributed by atoms with Crippen molar-refractivity contribution >= 4 is 53.3 Å². The van der Waals surface area contributed by atoms with Gasteiger partial charge in [0.2, 0.25) is 0 Å². The average molecular weight is 656 g/mol. The summed E-state index contributed by atoms with van der Waals surface area (Å²) >= 11 is 1.88. The SMILES string of the molecule is c1ccc(-c2cc(-c3ccccc3)nc(-c3cccc4c3c3ccccc3n4-c3cccc4c3sc3c(-c5ccccc5)cccc34)n2)cc1. The van der Waals surface area contributed by atoms with E-state index in [1.54, 1.807) is 0 Å². The van der Waals surface area contributed by atoms with Crippen molar-refractivity contribution in [2.45, 2.75) is 0 Å². The van der Waals surface area contributed by atoms with Gasteiger partial charge in [-0.25, -0.2) is 9.97 Å². The molecule has 0 fully saturated rings. The van der Waals surface area contributed by atoms with Gasteiger partial charge in [0.1, 0.15) is 0 Å². The van der Waals surface area contributed by atoms with Crippen molar-refractivity contribution in [3.8, 4) is 50.7 Å². The first-order valence-corrected chi connectivity index (χ1v) is 17.7. The third-order valence-corrected chi connectivity index (χ3v) is 10.9. The fourth-order valence-electron chi connectivity index (χ4n) is 7.37. The first-order valence-electron chi connectivity index (χ1n) is 16.8. The number of thiophene rings is 1. The molecule has 0 aliphatic rings. The molecule has 0 unspecified atom stereocenters. The molecule has 0 radical (unpaired) electrons. The van der Waals surface area contributed by atoms with Crippen LogP contribution in [-0.4, -0.2) is 14.5 Å². The van der Waals surface area contributed by atoms with Gasteiger partial charge in [-0.15, -0.1) is 11.3 Å². The summed E-state index contributed by atoms with van der Waals surface area (Å²) in [4.78, 5) is 10.5. The molecule has 0 amide bonds. The van der Waals surface area contributed by atoms with Gasteiger partial charge in [-0.3, -0.25) is 0 Å². The van der Waals surface area contributed by atoms with E-state index in [-0.39, 0.29) is 0 Å². The van der Waals surface area contributed by atoms with Crippen molar-refractivity contribution < 1.29 is 0 Å². The molecular weight excluding hydrogens is 627 g/mol. The number of hydrogen-bond donors (Lipinski definition) is 0. The van der Waals surface area contributed by atoms with Crippen LogP contribution in [0.15, 0.2) is 176 Å². The van der Waals surface area contributed by atoms with E-state index in [1.165, 1.54) is 42.4 Å². The summed E-state index contributed by atoms with van der Waals surface area (Å²) in [6.07, 6.45) is 0. The van der Waals surface area contributed by atoms with Gasteiger partial charge >= 0.3 is 0 Å². The molecule has 0 atom stereocenters. The number of fused-ring (bicyclic) bond motifs is 6. The molecule has 0 saturated carbocycles. The van der Waals surface area contributed by atoms with Crippen LogP contribution < -0.4 is 0 Å². The summed E-state index contributed by atoms with van der Waals surface area (Å²) in [6, 6.07) is 62.3. The topological polar surface area (TPSA) is 30.7 Å². The van der Waals surface area contributed by atoms with Crippen LogP contribution >= 0.6 is 11.3 Å². The van der Waals surface area contributed by atoms with E-state index in [4.69, 9.17) is 9.97 Å². The lowest BCUT2D eigenvalue weighted by Crippen LogP contribution is -1.97. The number of benzene rings is 7. The number of nitrogens with zero attached hydrogens (tertiary/aromatic N) is 3. The van der Waals surface area contributed by atoms with E-state index in [2.05, 4.69) is 168 Å². The second-order valence-electron chi connectivity index (χ2n) is 12.6. The molecule has 0 saturated heterocycles. The zero-order chi connectivity index (χ0) is 33.0. The highest BCUT2D eigenvalue weighted by atomic mass is 32.1. The molecule has 0 aliphatic carbocycles. The predicted octanol–water partition coefficient (Wildman–Crippen LogP) is 12.6. The molecule has 0 spiro atoms. The summed E-state index contributed by atoms with van der Waals surface area (Å²) < 4.78 is 5.02. The zero-order valence-electron chi connectivity index (χ0n) is 27.0. The van der Waals surface area contributed by atoms with Crippen molar-refractivity contribution in [2.24, 2.45) is 0 Å². The molecule has 3 heterocycles. The Kier molecular flexibility index (Phi) is 6.68. The zero-order valence-corrected chi connectivity index (χ0v) is 27.8. The number of para-hydroxylation sites is 1. The van der Waals surface area contributed by atoms with E-state index >= 15 is 0 Å². The van der Waals surface area contributed by atoms with Gasteiger partial charge in [-0.2, -0.15) is 0 Å². The van der Waals surface area contributed by atoms with Gasteiger partial charge in [-0.1, -0.05) is 152 Å². The highest BCUT2D eigenvalue weighted by Gasteiger charge is 2.21. The first kappa shape index (κ1) is 28.6. The first-order chi connectivity index (χ1) is 24.8. The van der Waals surface area contributed by atoms with Gasteiger partial charge in [0.25, 0.3) is 0 Å². The summed E-state index contributed by atoms with van der Waals surface area (Å²) in [6.45, 7) is 0. The molecule has 50 heavy (non-hydrogen) atoms. The molecule has 0 bridgehead atoms. The number of aromatic nitrogens is 3. The summed E-state index contributed by atoms with van der Waals surface area (Å²) in [7, 11) is 0. The normalized spacial score (nSPS) is 11.6. The maximum Gasteiger partial charge on any atom is 0.161 e. The second-order valence-corrected chi connectivity index (χ2v) is 13.6. The van der Waals surface area contributed by atoms with Crippen molar-refractivity contribution in [3.05, 3.63) is 176 Å². The quantitative estimate of drug-likeness (QED) is 0.185. The van der Waals surface area contributed by atoms with Crippen LogP contribution in [-0.2, 0) is 0 Å². The van der Waals surface area contributed by atoms with Crippen molar-refractivity contribution in [2.75, 3.05) is 0 Å². The molecule has 3 nitrogen and oxygen atoms in total. The Morgan fingerprint density at radius 3 is 1.62 bits per heavy atom. The van der Waals surface area contributed by atoms with Gasteiger partial charge in [-0.05, 0) is 35.4 Å². The molecule has 10 rings (SSSR count). The Balaban J connectivity index is 1.25. The van der Waals surface area contributed by atoms with Crippen LogP contribution in [0.3, 0.4) is 0 Å². The molecule has 3 aromatic heterocycles. The third kappa shape index (κ3) is 4.57. The highest BCUT2D eigenvalue weighted by Crippen LogP contribution is 2.45. The Bertz CT molecular complexity index is 2800. The Hall–Kier alpha value is -6.36. The molecule has 10 aromatic rings. The molecular formula is C46H29N3S. The minimum absolute atomic E-state index is 0.714. The number of hydrogen-bond acceptors (Lipinski definition) is 3. The molecule has 234 valence electrons. The van der Waals surface area contributed by atoms with Crippen LogP contribution in [0.25, 0.3) is 92.7 Å². The van der Waals surface area contributed by atoms with Crippen molar-refractivity contribution in [1.82, 2.24) is 14.5 Å². The van der Waals surface area contributed by atoms with Gasteiger partial charge in [0, 0.05) is 42.9 Å². The van der Waals surface area contributed by atoms with Crippen molar-refractivity contribution in [3.63, 3.8) is 0 Å². The fourth-order valence-corrected chi connectivity index (χ4v) is 8.71. The van der Waals surface area contributed by atoms with Crippen LogP contribution in [0.1, 0.15) is 0 Å². The molecule has 0 aliphatic heterocycles. The lowest BCUT2D eigenvalue weighted by Gasteiger charge is -2.11. The number of rotatable bonds is 5. The smallest absolute Gasteiger partial charge is 0.161 e. The van der Waals surface area contributed by atoms with Gasteiger partial charge in [0.05, 0.1) is 32.8 Å². The Labute approximate surface area is 293 Å². The Morgan fingerprint density at radius 1 is 0.400 bits per heavy atom. The fraction of sp³-hybridized carbons (Fsp3) is 0. The molecule has 7 aromatic carbocycles. The highest BCUT2D eigenvalue weighted by molar-refractivity contribution is 7.26. The van der Waals surface area contributed by atoms with E-state index in [0.717, 1.165) is 44.5 Å². The van der Waals surface area contributed by atoms with Crippen LogP contribution in [0, 0.1) is 0 Å². The van der Waals surface area contributed by atoms with Crippen LogP contribution in [0.4, 0.5) is 0 Å². The second kappa shape index (κ2) is 11.7. The maximum atomic E-state index is 5.24. The third-order valence-electron chi connectivity index (χ3n) is 9.63. The Morgan fingerprint density at radius 2 is 0.920 bits per heavy atom. The summed E-state index contributed by atoms with van der Waals surface area (Å²) in [5.74, 6) is 0.714. The van der Waals surface area contributed by atoms with E-state index in [1.807, 2.05) is 23.5 Å². The maximum absolute atomic E-state index is 5.24. The lowest BCUT2D eigenvalue weighted by atomic mass is 10.0. The van der Waals surface area contributed by atoms with Gasteiger partial charge < -0.3 is 4.57 Å². The largest absolute Gasteiger partial charge is 0.308 e. The van der Waals surface area contributed by atoms with E-state index in [0.29, 0.717) is 5.82 Å². The van der Waals surface area contributed by atoms with Crippen LogP contribution in [0.2, 0.25) is 0 Å². The molecule has 0 N–H and O–H groups in total.